The standard InChI is InChI=1S/C40H48ClN5O5S/c1-27-6-3-9-36(50-2)33-13-10-30(33)22-46-25-40(16-4-7-28-20-31(41)12-14-34(28)40)26-51-37-15-11-29(21-35(37)46)38(47)42-52(49,24-27)43-39(48)45-19-18-44-17-5-8-32(44)23-45/h3,5,8-9,11-12,14-15,17,20-21,27,30,33,36H,4,6-7,10,13,16,18-19,22-26H2,1-2H3,(H,42,43,47,48,49)/b9-3+/t27-,30-,33+,36-,40-,52?/m0/s1. The van der Waals surface area contributed by atoms with Crippen LogP contribution < -0.4 is 14.4 Å². The lowest BCUT2D eigenvalue weighted by atomic mass is 9.68. The van der Waals surface area contributed by atoms with Gasteiger partial charge >= 0.3 is 6.03 Å². The molecule has 276 valence electrons. The van der Waals surface area contributed by atoms with E-state index in [1.165, 1.54) is 11.1 Å². The van der Waals surface area contributed by atoms with Crippen LogP contribution in [0.5, 0.6) is 5.75 Å². The Balaban J connectivity index is 1.17. The molecule has 6 atom stereocenters. The lowest BCUT2D eigenvalue weighted by Gasteiger charge is -2.46. The minimum atomic E-state index is -3.50. The SMILES string of the molecule is CO[C@H]1/C=C/C[C@H](C)CS(=O)(NC(=O)N2CCn3cccc3C2)=NC(=O)c2ccc3c(c2)N(C[C@@H]2CC[C@H]21)C[C@@]1(CCCc2cc(Cl)ccc21)CO3. The van der Waals surface area contributed by atoms with Crippen LogP contribution in [0, 0.1) is 17.8 Å². The number of carbonyl (C=O) groups excluding carboxylic acids is 2. The minimum Gasteiger partial charge on any atom is -0.490 e. The molecule has 1 unspecified atom stereocenters. The van der Waals surface area contributed by atoms with Gasteiger partial charge in [0.15, 0.2) is 0 Å². The number of nitrogens with zero attached hydrogens (tertiary/aromatic N) is 4. The number of aromatic nitrogens is 1. The summed E-state index contributed by atoms with van der Waals surface area (Å²) in [5.41, 5.74) is 4.45. The Morgan fingerprint density at radius 2 is 2.04 bits per heavy atom. The smallest absolute Gasteiger partial charge is 0.330 e. The van der Waals surface area contributed by atoms with Crippen molar-refractivity contribution in [2.45, 2.75) is 70.1 Å². The average Bonchev–Trinajstić information content (AvgIpc) is 3.53. The number of rotatable bonds is 2. The van der Waals surface area contributed by atoms with Crippen LogP contribution in [0.2, 0.25) is 5.02 Å². The van der Waals surface area contributed by atoms with Crippen LogP contribution in [0.15, 0.2) is 71.2 Å². The van der Waals surface area contributed by atoms with Gasteiger partial charge in [-0.1, -0.05) is 36.7 Å². The molecule has 2 aliphatic carbocycles. The van der Waals surface area contributed by atoms with Crippen molar-refractivity contribution in [3.8, 4) is 5.75 Å². The topological polar surface area (TPSA) is 105 Å². The summed E-state index contributed by atoms with van der Waals surface area (Å²) in [6.07, 6.45) is 12.0. The number of hydrogen-bond donors (Lipinski definition) is 1. The molecular weight excluding hydrogens is 698 g/mol. The molecule has 2 aromatic carbocycles. The number of urea groups is 1. The summed E-state index contributed by atoms with van der Waals surface area (Å²) in [5.74, 6) is 0.753. The molecular formula is C40H48ClN5O5S. The second-order valence-electron chi connectivity index (χ2n) is 15.5. The maximum Gasteiger partial charge on any atom is 0.330 e. The number of amides is 3. The van der Waals surface area contributed by atoms with Crippen LogP contribution in [0.25, 0.3) is 0 Å². The van der Waals surface area contributed by atoms with Crippen LogP contribution in [-0.2, 0) is 39.6 Å². The lowest BCUT2D eigenvalue weighted by molar-refractivity contribution is 0.0131. The molecule has 3 aromatic rings. The third-order valence-electron chi connectivity index (χ3n) is 11.9. The van der Waals surface area contributed by atoms with E-state index in [-0.39, 0.29) is 23.2 Å². The predicted molar refractivity (Wildman–Crippen MR) is 203 cm³/mol. The molecule has 10 nitrogen and oxygen atoms in total. The number of aryl methyl sites for hydroxylation is 1. The maximum atomic E-state index is 14.7. The number of nitrogens with one attached hydrogen (secondary N) is 1. The first kappa shape index (κ1) is 35.2. The van der Waals surface area contributed by atoms with E-state index in [2.05, 4.69) is 42.8 Å². The van der Waals surface area contributed by atoms with E-state index in [1.807, 2.05) is 43.5 Å². The molecule has 3 aliphatic heterocycles. The molecule has 1 fully saturated rings. The lowest BCUT2D eigenvalue weighted by Crippen LogP contribution is -2.49. The van der Waals surface area contributed by atoms with Crippen LogP contribution >= 0.6 is 11.6 Å². The van der Waals surface area contributed by atoms with Crippen molar-refractivity contribution < 1.29 is 23.3 Å². The quantitative estimate of drug-likeness (QED) is 0.284. The van der Waals surface area contributed by atoms with Gasteiger partial charge in [-0.25, -0.2) is 9.00 Å². The fourth-order valence-corrected chi connectivity index (χ4v) is 11.1. The summed E-state index contributed by atoms with van der Waals surface area (Å²) >= 11 is 6.47. The van der Waals surface area contributed by atoms with Gasteiger partial charge in [0.25, 0.3) is 5.91 Å². The van der Waals surface area contributed by atoms with Crippen LogP contribution in [0.4, 0.5) is 10.5 Å². The highest BCUT2D eigenvalue weighted by Crippen LogP contribution is 2.47. The molecule has 5 aliphatic rings. The van der Waals surface area contributed by atoms with Crippen LogP contribution in [0.3, 0.4) is 0 Å². The van der Waals surface area contributed by atoms with Gasteiger partial charge in [0, 0.05) is 61.2 Å². The van der Waals surface area contributed by atoms with Gasteiger partial charge in [0.2, 0.25) is 0 Å². The van der Waals surface area contributed by atoms with Gasteiger partial charge in [0.05, 0.1) is 30.7 Å². The highest BCUT2D eigenvalue weighted by molar-refractivity contribution is 7.92. The minimum absolute atomic E-state index is 0.0366. The van der Waals surface area contributed by atoms with Gasteiger partial charge in [-0.2, -0.15) is 0 Å². The first-order valence-corrected chi connectivity index (χ1v) is 20.7. The molecule has 1 spiro atoms. The Kier molecular flexibility index (Phi) is 9.63. The number of benzene rings is 2. The molecule has 0 saturated heterocycles. The Morgan fingerprint density at radius 3 is 2.87 bits per heavy atom. The Hall–Kier alpha value is -3.80. The first-order valence-electron chi connectivity index (χ1n) is 18.6. The molecule has 52 heavy (non-hydrogen) atoms. The molecule has 1 saturated carbocycles. The van der Waals surface area contributed by atoms with E-state index >= 15 is 0 Å². The zero-order chi connectivity index (χ0) is 36.0. The fourth-order valence-electron chi connectivity index (χ4n) is 9.06. The van der Waals surface area contributed by atoms with Crippen molar-refractivity contribution in [3.63, 3.8) is 0 Å². The highest BCUT2D eigenvalue weighted by atomic mass is 35.5. The molecule has 2 bridgehead atoms. The van der Waals surface area contributed by atoms with Crippen molar-refractivity contribution in [2.24, 2.45) is 22.1 Å². The third kappa shape index (κ3) is 6.87. The van der Waals surface area contributed by atoms with Crippen LogP contribution in [0.1, 0.15) is 66.2 Å². The molecule has 1 N–H and O–H groups in total. The number of methoxy groups -OCH3 is 1. The summed E-state index contributed by atoms with van der Waals surface area (Å²) in [5, 5.41) is 0.745. The fraction of sp³-hybridized carbons (Fsp3) is 0.500. The normalized spacial score (nSPS) is 30.8. The molecule has 3 amide bonds. The summed E-state index contributed by atoms with van der Waals surface area (Å²) < 4.78 is 36.6. The van der Waals surface area contributed by atoms with Gasteiger partial charge in [0.1, 0.15) is 15.7 Å². The van der Waals surface area contributed by atoms with Crippen LogP contribution in [-0.4, -0.2) is 70.8 Å². The van der Waals surface area contributed by atoms with Gasteiger partial charge in [-0.05, 0) is 110 Å². The summed E-state index contributed by atoms with van der Waals surface area (Å²) in [6, 6.07) is 15.1. The number of hydrogen-bond acceptors (Lipinski definition) is 6. The summed E-state index contributed by atoms with van der Waals surface area (Å²) in [6.45, 7) is 5.51. The molecule has 8 rings (SSSR count). The number of fused-ring (bicyclic) bond motifs is 5. The van der Waals surface area contributed by atoms with E-state index in [9.17, 15) is 13.8 Å². The largest absolute Gasteiger partial charge is 0.490 e. The Labute approximate surface area is 311 Å². The summed E-state index contributed by atoms with van der Waals surface area (Å²) in [7, 11) is -1.72. The van der Waals surface area contributed by atoms with Crippen molar-refractivity contribution in [1.82, 2.24) is 14.2 Å². The van der Waals surface area contributed by atoms with Crippen molar-refractivity contribution in [1.29, 1.82) is 0 Å². The second-order valence-corrected chi connectivity index (χ2v) is 17.9. The van der Waals surface area contributed by atoms with Crippen molar-refractivity contribution in [2.75, 3.05) is 44.0 Å². The zero-order valence-electron chi connectivity index (χ0n) is 30.0. The van der Waals surface area contributed by atoms with Gasteiger partial charge in [-0.3, -0.25) is 9.52 Å². The Bertz CT molecular complexity index is 2020. The monoisotopic (exact) mass is 745 g/mol. The van der Waals surface area contributed by atoms with Crippen molar-refractivity contribution >= 4 is 39.1 Å². The third-order valence-corrected chi connectivity index (χ3v) is 14.1. The highest BCUT2D eigenvalue weighted by Gasteiger charge is 2.44. The van der Waals surface area contributed by atoms with E-state index in [0.29, 0.717) is 55.8 Å². The van der Waals surface area contributed by atoms with E-state index < -0.39 is 21.9 Å². The van der Waals surface area contributed by atoms with E-state index in [1.54, 1.807) is 18.1 Å². The molecule has 1 aromatic heterocycles. The maximum absolute atomic E-state index is 14.7. The number of anilines is 1. The molecule has 4 heterocycles. The predicted octanol–water partition coefficient (Wildman–Crippen LogP) is 7.00. The molecule has 0 radical (unpaired) electrons. The second kappa shape index (κ2) is 14.2. The Morgan fingerprint density at radius 1 is 1.15 bits per heavy atom. The van der Waals surface area contributed by atoms with E-state index in [0.717, 1.165) is 61.6 Å². The van der Waals surface area contributed by atoms with Gasteiger partial charge < -0.3 is 23.8 Å². The first-order chi connectivity index (χ1) is 25.1. The zero-order valence-corrected chi connectivity index (χ0v) is 31.5. The number of ether oxygens (including phenoxy) is 2. The number of allylic oxidation sites excluding steroid dienone is 1. The average molecular weight is 746 g/mol. The number of carbonyl (C=O) groups is 2. The molecule has 12 heteroatoms. The van der Waals surface area contributed by atoms with E-state index in [4.69, 9.17) is 21.1 Å². The van der Waals surface area contributed by atoms with Crippen molar-refractivity contribution in [3.05, 3.63) is 94.3 Å². The number of halogens is 1. The summed E-state index contributed by atoms with van der Waals surface area (Å²) in [4.78, 5) is 31.7. The van der Waals surface area contributed by atoms with Gasteiger partial charge in [-0.15, -0.1) is 4.36 Å².